The van der Waals surface area contributed by atoms with Gasteiger partial charge in [-0.05, 0) is 48.0 Å². The van der Waals surface area contributed by atoms with Crippen molar-refractivity contribution >= 4 is 22.5 Å². The highest BCUT2D eigenvalue weighted by molar-refractivity contribution is 6.30. The maximum absolute atomic E-state index is 12.7. The summed E-state index contributed by atoms with van der Waals surface area (Å²) in [6, 6.07) is 18.0. The number of hydrogen-bond donors (Lipinski definition) is 0. The van der Waals surface area contributed by atoms with Gasteiger partial charge in [-0.2, -0.15) is 18.4 Å². The Labute approximate surface area is 169 Å². The summed E-state index contributed by atoms with van der Waals surface area (Å²) in [5.74, 6) is 0. The van der Waals surface area contributed by atoms with Crippen molar-refractivity contribution in [2.75, 3.05) is 0 Å². The van der Waals surface area contributed by atoms with Crippen molar-refractivity contribution in [3.8, 4) is 17.3 Å². The Kier molecular flexibility index (Phi) is 4.77. The van der Waals surface area contributed by atoms with E-state index in [1.165, 1.54) is 18.2 Å². The molecule has 0 bridgehead atoms. The van der Waals surface area contributed by atoms with Gasteiger partial charge in [0.2, 0.25) is 0 Å². The molecular weight excluding hydrogens is 399 g/mol. The smallest absolute Gasteiger partial charge is 0.343 e. The SMILES string of the molecule is N#Cc1cc(Cl)cc(-c2ccc3c(ccn3Cc3ccc(C(F)(F)F)cc3)c2)n1. The van der Waals surface area contributed by atoms with Crippen LogP contribution in [-0.4, -0.2) is 9.55 Å². The third-order valence-electron chi connectivity index (χ3n) is 4.61. The van der Waals surface area contributed by atoms with Crippen molar-refractivity contribution in [3.05, 3.63) is 88.7 Å². The quantitative estimate of drug-likeness (QED) is 0.397. The van der Waals surface area contributed by atoms with Crippen molar-refractivity contribution in [1.29, 1.82) is 5.26 Å². The van der Waals surface area contributed by atoms with Crippen molar-refractivity contribution in [2.24, 2.45) is 0 Å². The summed E-state index contributed by atoms with van der Waals surface area (Å²) in [6.07, 6.45) is -2.45. The second-order valence-corrected chi connectivity index (χ2v) is 7.02. The van der Waals surface area contributed by atoms with Gasteiger partial charge in [0, 0.05) is 34.2 Å². The third kappa shape index (κ3) is 3.96. The molecular formula is C22H13ClF3N3. The number of hydrogen-bond acceptors (Lipinski definition) is 2. The fraction of sp³-hybridized carbons (Fsp3) is 0.0909. The average Bonchev–Trinajstić information content (AvgIpc) is 3.09. The highest BCUT2D eigenvalue weighted by Crippen LogP contribution is 2.30. The molecule has 0 saturated heterocycles. The molecule has 0 aliphatic carbocycles. The molecule has 144 valence electrons. The van der Waals surface area contributed by atoms with Crippen LogP contribution < -0.4 is 0 Å². The van der Waals surface area contributed by atoms with Crippen LogP contribution in [0, 0.1) is 11.3 Å². The zero-order valence-electron chi connectivity index (χ0n) is 14.9. The molecule has 2 aromatic carbocycles. The van der Waals surface area contributed by atoms with Crippen LogP contribution in [-0.2, 0) is 12.7 Å². The number of halogens is 4. The van der Waals surface area contributed by atoms with Gasteiger partial charge in [0.25, 0.3) is 0 Å². The molecule has 7 heteroatoms. The number of aromatic nitrogens is 2. The minimum atomic E-state index is -4.34. The van der Waals surface area contributed by atoms with Crippen LogP contribution in [0.1, 0.15) is 16.8 Å². The minimum absolute atomic E-state index is 0.243. The van der Waals surface area contributed by atoms with Crippen LogP contribution in [0.4, 0.5) is 13.2 Å². The molecule has 0 unspecified atom stereocenters. The number of benzene rings is 2. The predicted octanol–water partition coefficient (Wildman–Crippen LogP) is 6.30. The topological polar surface area (TPSA) is 41.6 Å². The van der Waals surface area contributed by atoms with Gasteiger partial charge >= 0.3 is 6.18 Å². The normalized spacial score (nSPS) is 11.6. The minimum Gasteiger partial charge on any atom is -0.343 e. The molecule has 0 radical (unpaired) electrons. The zero-order chi connectivity index (χ0) is 20.6. The first-order valence-corrected chi connectivity index (χ1v) is 9.04. The Hall–Kier alpha value is -3.30. The summed E-state index contributed by atoms with van der Waals surface area (Å²) >= 11 is 6.06. The maximum Gasteiger partial charge on any atom is 0.416 e. The largest absolute Gasteiger partial charge is 0.416 e. The number of fused-ring (bicyclic) bond motifs is 1. The lowest BCUT2D eigenvalue weighted by atomic mass is 10.1. The standard InChI is InChI=1S/C22H13ClF3N3/c23-18-10-19(12-27)28-20(11-18)15-3-6-21-16(9-15)7-8-29(21)13-14-1-4-17(5-2-14)22(24,25)26/h1-11H,13H2. The molecule has 0 spiro atoms. The monoisotopic (exact) mass is 411 g/mol. The number of nitrogens with zero attached hydrogens (tertiary/aromatic N) is 3. The fourth-order valence-electron chi connectivity index (χ4n) is 3.20. The van der Waals surface area contributed by atoms with Crippen LogP contribution in [0.15, 0.2) is 66.9 Å². The molecule has 0 aliphatic rings. The highest BCUT2D eigenvalue weighted by Gasteiger charge is 2.29. The van der Waals surface area contributed by atoms with E-state index in [2.05, 4.69) is 4.98 Å². The van der Waals surface area contributed by atoms with E-state index in [9.17, 15) is 13.2 Å². The zero-order valence-corrected chi connectivity index (χ0v) is 15.7. The van der Waals surface area contributed by atoms with Gasteiger partial charge in [-0.1, -0.05) is 29.8 Å². The first kappa shape index (κ1) is 19.0. The van der Waals surface area contributed by atoms with Gasteiger partial charge in [-0.15, -0.1) is 0 Å². The summed E-state index contributed by atoms with van der Waals surface area (Å²) in [5.41, 5.74) is 2.72. The van der Waals surface area contributed by atoms with E-state index in [1.54, 1.807) is 6.07 Å². The molecule has 0 N–H and O–H groups in total. The highest BCUT2D eigenvalue weighted by atomic mass is 35.5. The number of rotatable bonds is 3. The molecule has 4 rings (SSSR count). The molecule has 0 aliphatic heterocycles. The van der Waals surface area contributed by atoms with Crippen molar-refractivity contribution in [1.82, 2.24) is 9.55 Å². The van der Waals surface area contributed by atoms with Gasteiger partial charge in [-0.25, -0.2) is 4.98 Å². The molecule has 3 nitrogen and oxygen atoms in total. The molecule has 0 amide bonds. The Morgan fingerprint density at radius 1 is 1.00 bits per heavy atom. The van der Waals surface area contributed by atoms with Crippen LogP contribution in [0.25, 0.3) is 22.2 Å². The van der Waals surface area contributed by atoms with E-state index in [1.807, 2.05) is 41.1 Å². The maximum atomic E-state index is 12.7. The second kappa shape index (κ2) is 7.26. The van der Waals surface area contributed by atoms with Crippen molar-refractivity contribution < 1.29 is 13.2 Å². The molecule has 4 aromatic rings. The molecule has 0 fully saturated rings. The lowest BCUT2D eigenvalue weighted by Gasteiger charge is -2.09. The fourth-order valence-corrected chi connectivity index (χ4v) is 3.40. The summed E-state index contributed by atoms with van der Waals surface area (Å²) in [7, 11) is 0. The Morgan fingerprint density at radius 3 is 2.45 bits per heavy atom. The second-order valence-electron chi connectivity index (χ2n) is 6.58. The molecule has 0 saturated carbocycles. The van der Waals surface area contributed by atoms with E-state index in [0.29, 0.717) is 17.3 Å². The van der Waals surface area contributed by atoms with E-state index in [-0.39, 0.29) is 5.69 Å². The number of pyridine rings is 1. The van der Waals surface area contributed by atoms with Crippen LogP contribution in [0.2, 0.25) is 5.02 Å². The van der Waals surface area contributed by atoms with Gasteiger partial charge in [0.1, 0.15) is 11.8 Å². The lowest BCUT2D eigenvalue weighted by molar-refractivity contribution is -0.137. The predicted molar refractivity (Wildman–Crippen MR) is 105 cm³/mol. The van der Waals surface area contributed by atoms with E-state index >= 15 is 0 Å². The molecule has 0 atom stereocenters. The summed E-state index contributed by atoms with van der Waals surface area (Å²) < 4.78 is 40.1. The van der Waals surface area contributed by atoms with Crippen molar-refractivity contribution in [3.63, 3.8) is 0 Å². The lowest BCUT2D eigenvalue weighted by Crippen LogP contribution is -2.05. The third-order valence-corrected chi connectivity index (χ3v) is 4.82. The van der Waals surface area contributed by atoms with Gasteiger partial charge in [0.15, 0.2) is 0 Å². The first-order valence-electron chi connectivity index (χ1n) is 8.66. The van der Waals surface area contributed by atoms with Crippen LogP contribution in [0.3, 0.4) is 0 Å². The van der Waals surface area contributed by atoms with Gasteiger partial charge in [0.05, 0.1) is 11.3 Å². The average molecular weight is 412 g/mol. The molecule has 29 heavy (non-hydrogen) atoms. The van der Waals surface area contributed by atoms with Crippen molar-refractivity contribution in [2.45, 2.75) is 12.7 Å². The Morgan fingerprint density at radius 2 is 1.76 bits per heavy atom. The van der Waals surface area contributed by atoms with Gasteiger partial charge in [-0.3, -0.25) is 0 Å². The van der Waals surface area contributed by atoms with E-state index in [0.717, 1.165) is 34.2 Å². The molecule has 2 aromatic heterocycles. The number of alkyl halides is 3. The van der Waals surface area contributed by atoms with Gasteiger partial charge < -0.3 is 4.57 Å². The van der Waals surface area contributed by atoms with Crippen LogP contribution in [0.5, 0.6) is 0 Å². The Balaban J connectivity index is 1.64. The summed E-state index contributed by atoms with van der Waals surface area (Å²) in [5, 5.41) is 10.5. The molecule has 2 heterocycles. The number of nitriles is 1. The summed E-state index contributed by atoms with van der Waals surface area (Å²) in [4.78, 5) is 4.29. The Bertz CT molecular complexity index is 1240. The van der Waals surface area contributed by atoms with E-state index in [4.69, 9.17) is 16.9 Å². The van der Waals surface area contributed by atoms with Crippen LogP contribution >= 0.6 is 11.6 Å². The first-order chi connectivity index (χ1) is 13.8. The summed E-state index contributed by atoms with van der Waals surface area (Å²) in [6.45, 7) is 0.453. The van der Waals surface area contributed by atoms with E-state index < -0.39 is 11.7 Å².